The van der Waals surface area contributed by atoms with Gasteiger partial charge in [-0.05, 0) is 11.6 Å². The van der Waals surface area contributed by atoms with Crippen molar-refractivity contribution in [3.8, 4) is 24.3 Å². The van der Waals surface area contributed by atoms with Crippen LogP contribution in [0.25, 0.3) is 0 Å². The molecule has 0 saturated heterocycles. The summed E-state index contributed by atoms with van der Waals surface area (Å²) in [6.07, 6.45) is 0. The summed E-state index contributed by atoms with van der Waals surface area (Å²) in [7, 11) is 1.12. The van der Waals surface area contributed by atoms with E-state index in [1.165, 1.54) is 48.5 Å². The fourth-order valence-corrected chi connectivity index (χ4v) is 1.73. The van der Waals surface area contributed by atoms with Gasteiger partial charge in [0.25, 0.3) is 0 Å². The number of hydrogen-bond donors (Lipinski definition) is 0. The van der Waals surface area contributed by atoms with Gasteiger partial charge in [0.05, 0.1) is 18.5 Å². The van der Waals surface area contributed by atoms with E-state index in [-0.39, 0.29) is 62.5 Å². The van der Waals surface area contributed by atoms with Crippen LogP contribution in [0, 0.1) is 51.2 Å². The average molecular weight is 342 g/mol. The molecule has 0 N–H and O–H groups in total. The van der Waals surface area contributed by atoms with Gasteiger partial charge in [0.1, 0.15) is 0 Å². The van der Waals surface area contributed by atoms with Gasteiger partial charge in [0.2, 0.25) is 0 Å². The minimum Gasteiger partial charge on any atom is -0.465 e. The third-order valence-corrected chi connectivity index (χ3v) is 2.75. The topological polar surface area (TPSA) is 139 Å². The summed E-state index contributed by atoms with van der Waals surface area (Å²) in [6.45, 7) is 0. The molecule has 0 bridgehead atoms. The fraction of sp³-hybridized carbons (Fsp3) is 0.0625. The van der Waals surface area contributed by atoms with Crippen LogP contribution in [-0.4, -0.2) is 18.9 Å². The Kier molecular flexibility index (Phi) is 9.31. The Morgan fingerprint density at radius 1 is 1.00 bits per heavy atom. The van der Waals surface area contributed by atoms with Gasteiger partial charge in [0.15, 0.2) is 0 Å². The summed E-state index contributed by atoms with van der Waals surface area (Å²) in [5.41, 5.74) is -1.62. The standard InChI is InChI=1S/C16H7N4O3.K/c1-23-16(22)13-5-3-2-4-12(13)15(21)14(10(6-17)7-18)11(8-19)9-20;/h2-5H,1H3;/q-1;+1. The van der Waals surface area contributed by atoms with Crippen molar-refractivity contribution in [2.45, 2.75) is 0 Å². The maximum atomic E-state index is 12.6. The first-order valence-electron chi connectivity index (χ1n) is 5.99. The van der Waals surface area contributed by atoms with Crippen LogP contribution in [0.4, 0.5) is 0 Å². The molecule has 0 aliphatic heterocycles. The zero-order valence-corrected chi connectivity index (χ0v) is 15.9. The van der Waals surface area contributed by atoms with Crippen LogP contribution in [0.5, 0.6) is 0 Å². The van der Waals surface area contributed by atoms with Gasteiger partial charge in [-0.15, -0.1) is 0 Å². The molecule has 0 radical (unpaired) electrons. The van der Waals surface area contributed by atoms with E-state index in [0.29, 0.717) is 0 Å². The molecule has 110 valence electrons. The van der Waals surface area contributed by atoms with Crippen molar-refractivity contribution >= 4 is 11.8 Å². The smallest absolute Gasteiger partial charge is 0.465 e. The van der Waals surface area contributed by atoms with Crippen LogP contribution in [0.15, 0.2) is 35.4 Å². The number of benzene rings is 1. The van der Waals surface area contributed by atoms with E-state index in [4.69, 9.17) is 21.0 Å². The fourth-order valence-electron chi connectivity index (χ4n) is 1.73. The van der Waals surface area contributed by atoms with Crippen molar-refractivity contribution in [3.05, 3.63) is 52.5 Å². The monoisotopic (exact) mass is 342 g/mol. The molecule has 0 spiro atoms. The van der Waals surface area contributed by atoms with Crippen LogP contribution in [0.3, 0.4) is 0 Å². The van der Waals surface area contributed by atoms with E-state index in [2.05, 4.69) is 4.74 Å². The largest absolute Gasteiger partial charge is 1.00 e. The number of esters is 1. The molecule has 1 aromatic carbocycles. The summed E-state index contributed by atoms with van der Waals surface area (Å²) >= 11 is 0. The number of ether oxygens (including phenoxy) is 1. The Hall–Kier alpha value is -2.43. The van der Waals surface area contributed by atoms with Gasteiger partial charge in [-0.2, -0.15) is 0 Å². The van der Waals surface area contributed by atoms with Gasteiger partial charge >= 0.3 is 57.4 Å². The normalized spacial score (nSPS) is 8.04. The number of carbonyl (C=O) groups excluding carboxylic acids is 2. The number of nitrogens with zero attached hydrogens (tertiary/aromatic N) is 4. The second-order valence-corrected chi connectivity index (χ2v) is 3.94. The Bertz CT molecular complexity index is 833. The summed E-state index contributed by atoms with van der Waals surface area (Å²) in [5, 5.41) is 35.8. The molecular weight excluding hydrogens is 335 g/mol. The van der Waals surface area contributed by atoms with Crippen molar-refractivity contribution in [1.29, 1.82) is 21.0 Å². The summed E-state index contributed by atoms with van der Waals surface area (Å²) < 4.78 is 4.56. The predicted octanol–water partition coefficient (Wildman–Crippen LogP) is -1.37. The summed E-state index contributed by atoms with van der Waals surface area (Å²) in [4.78, 5) is 24.3. The first-order chi connectivity index (χ1) is 11.0. The van der Waals surface area contributed by atoms with Crippen molar-refractivity contribution in [2.24, 2.45) is 0 Å². The molecule has 7 nitrogen and oxygen atoms in total. The molecule has 0 aromatic heterocycles. The molecule has 1 rings (SSSR count). The van der Waals surface area contributed by atoms with Crippen LogP contribution < -0.4 is 51.4 Å². The molecule has 0 unspecified atom stereocenters. The number of ketones is 1. The van der Waals surface area contributed by atoms with Crippen molar-refractivity contribution in [2.75, 3.05) is 7.11 Å². The SMILES string of the molecule is COC(=O)c1ccccc1C(=O)C(=C(C#N)C#N)[C-](C#N)C#N.[K+]. The molecule has 1 aromatic rings. The maximum Gasteiger partial charge on any atom is 1.00 e. The summed E-state index contributed by atoms with van der Waals surface area (Å²) in [6, 6.07) is 11.4. The van der Waals surface area contributed by atoms with Crippen LogP contribution in [0.2, 0.25) is 0 Å². The Morgan fingerprint density at radius 3 is 1.92 bits per heavy atom. The molecule has 8 heteroatoms. The van der Waals surface area contributed by atoms with E-state index >= 15 is 0 Å². The average Bonchev–Trinajstić information content (AvgIpc) is 2.60. The predicted molar refractivity (Wildman–Crippen MR) is 74.8 cm³/mol. The zero-order valence-electron chi connectivity index (χ0n) is 12.8. The second kappa shape index (κ2) is 10.4. The minimum absolute atomic E-state index is 0. The molecule has 24 heavy (non-hydrogen) atoms. The van der Waals surface area contributed by atoms with E-state index < -0.39 is 28.8 Å². The van der Waals surface area contributed by atoms with Crippen molar-refractivity contribution < 1.29 is 65.7 Å². The number of hydrogen-bond acceptors (Lipinski definition) is 7. The maximum absolute atomic E-state index is 12.6. The molecule has 0 aliphatic rings. The third-order valence-electron chi connectivity index (χ3n) is 2.75. The van der Waals surface area contributed by atoms with E-state index in [9.17, 15) is 9.59 Å². The van der Waals surface area contributed by atoms with E-state index in [0.717, 1.165) is 7.11 Å². The number of nitriles is 4. The number of carbonyl (C=O) groups is 2. The van der Waals surface area contributed by atoms with Gasteiger partial charge in [-0.3, -0.25) is 0 Å². The molecule has 0 saturated carbocycles. The number of Topliss-reactive ketones (excluding diaryl/α,β-unsaturated/α-hetero) is 1. The minimum atomic E-state index is -0.956. The number of allylic oxidation sites excluding steroid dienone is 2. The van der Waals surface area contributed by atoms with Gasteiger partial charge in [-0.25, -0.2) is 25.8 Å². The van der Waals surface area contributed by atoms with Crippen molar-refractivity contribution in [1.82, 2.24) is 0 Å². The molecular formula is C16H7KN4O3. The van der Waals surface area contributed by atoms with Gasteiger partial charge in [-0.1, -0.05) is 23.8 Å². The van der Waals surface area contributed by atoms with Crippen LogP contribution in [0.1, 0.15) is 20.7 Å². The third kappa shape index (κ3) is 4.53. The van der Waals surface area contributed by atoms with Crippen LogP contribution in [-0.2, 0) is 4.74 Å². The Balaban J connectivity index is 0.00000529. The molecule has 0 heterocycles. The Morgan fingerprint density at radius 2 is 1.50 bits per heavy atom. The first kappa shape index (κ1) is 21.6. The van der Waals surface area contributed by atoms with Gasteiger partial charge in [0, 0.05) is 35.8 Å². The van der Waals surface area contributed by atoms with Crippen LogP contribution >= 0.6 is 0 Å². The van der Waals surface area contributed by atoms with E-state index in [1.54, 1.807) is 0 Å². The number of methoxy groups -OCH3 is 1. The second-order valence-electron chi connectivity index (χ2n) is 3.94. The van der Waals surface area contributed by atoms with E-state index in [1.807, 2.05) is 0 Å². The van der Waals surface area contributed by atoms with Gasteiger partial charge < -0.3 is 9.53 Å². The molecule has 0 amide bonds. The summed E-state index contributed by atoms with van der Waals surface area (Å²) in [5.74, 6) is -2.45. The zero-order chi connectivity index (χ0) is 17.4. The first-order valence-corrected chi connectivity index (χ1v) is 5.99. The molecule has 0 atom stereocenters. The molecule has 0 fully saturated rings. The number of rotatable bonds is 4. The Labute approximate surface area is 180 Å². The quantitative estimate of drug-likeness (QED) is 0.164. The van der Waals surface area contributed by atoms with Crippen molar-refractivity contribution in [3.63, 3.8) is 0 Å². The molecule has 0 aliphatic carbocycles.